The second-order valence-electron chi connectivity index (χ2n) is 7.33. The molecule has 0 saturated carbocycles. The minimum Gasteiger partial charge on any atom is -0.488 e. The zero-order valence-corrected chi connectivity index (χ0v) is 16.7. The highest BCUT2D eigenvalue weighted by molar-refractivity contribution is 7.89. The maximum atomic E-state index is 12.4. The maximum Gasteiger partial charge on any atom is 0.240 e. The van der Waals surface area contributed by atoms with Crippen LogP contribution >= 0.6 is 0 Å². The van der Waals surface area contributed by atoms with Crippen molar-refractivity contribution in [2.45, 2.75) is 37.7 Å². The number of benzene rings is 3. The van der Waals surface area contributed by atoms with Crippen molar-refractivity contribution in [1.29, 1.82) is 0 Å². The van der Waals surface area contributed by atoms with Crippen LogP contribution in [0.2, 0.25) is 0 Å². The van der Waals surface area contributed by atoms with Crippen LogP contribution in [0.3, 0.4) is 0 Å². The Morgan fingerprint density at radius 1 is 0.926 bits per heavy atom. The van der Waals surface area contributed by atoms with Crippen molar-refractivity contribution >= 4 is 20.8 Å². The summed E-state index contributed by atoms with van der Waals surface area (Å²) < 4.78 is 33.5. The molecule has 0 aliphatic rings. The van der Waals surface area contributed by atoms with E-state index >= 15 is 0 Å². The predicted octanol–water partition coefficient (Wildman–Crippen LogP) is 4.67. The van der Waals surface area contributed by atoms with E-state index in [0.29, 0.717) is 13.0 Å². The van der Waals surface area contributed by atoms with Gasteiger partial charge < -0.3 is 4.74 Å². The largest absolute Gasteiger partial charge is 0.488 e. The Balaban J connectivity index is 1.61. The lowest BCUT2D eigenvalue weighted by Gasteiger charge is -2.27. The van der Waals surface area contributed by atoms with Gasteiger partial charge in [0.2, 0.25) is 10.0 Å². The lowest BCUT2D eigenvalue weighted by Crippen LogP contribution is -2.35. The van der Waals surface area contributed by atoms with E-state index < -0.39 is 15.6 Å². The fraction of sp³-hybridized carbons (Fsp3) is 0.273. The van der Waals surface area contributed by atoms with Crippen molar-refractivity contribution in [2.24, 2.45) is 0 Å². The van der Waals surface area contributed by atoms with Gasteiger partial charge in [-0.3, -0.25) is 0 Å². The second-order valence-corrected chi connectivity index (χ2v) is 9.10. The van der Waals surface area contributed by atoms with Crippen molar-refractivity contribution in [3.63, 3.8) is 0 Å². The third kappa shape index (κ3) is 5.08. The summed E-state index contributed by atoms with van der Waals surface area (Å²) in [4.78, 5) is 0.279. The van der Waals surface area contributed by atoms with Crippen molar-refractivity contribution in [3.8, 4) is 5.75 Å². The first kappa shape index (κ1) is 19.4. The average molecular weight is 384 g/mol. The molecule has 3 aromatic rings. The number of hydrogen-bond donors (Lipinski definition) is 1. The fourth-order valence-electron chi connectivity index (χ4n) is 2.89. The molecule has 0 heterocycles. The van der Waals surface area contributed by atoms with Crippen LogP contribution in [0.15, 0.2) is 71.6 Å². The molecule has 0 aromatic heterocycles. The van der Waals surface area contributed by atoms with Gasteiger partial charge in [-0.25, -0.2) is 13.1 Å². The molecule has 0 fully saturated rings. The third-order valence-electron chi connectivity index (χ3n) is 4.47. The monoisotopic (exact) mass is 383 g/mol. The van der Waals surface area contributed by atoms with Gasteiger partial charge in [0.15, 0.2) is 0 Å². The first-order chi connectivity index (χ1) is 12.8. The summed E-state index contributed by atoms with van der Waals surface area (Å²) >= 11 is 0. The van der Waals surface area contributed by atoms with E-state index in [-0.39, 0.29) is 4.90 Å². The number of sulfonamides is 1. The molecule has 0 unspecified atom stereocenters. The molecule has 0 atom stereocenters. The van der Waals surface area contributed by atoms with Crippen LogP contribution in [0, 0.1) is 6.92 Å². The molecule has 0 aliphatic heterocycles. The highest BCUT2D eigenvalue weighted by Gasteiger charge is 2.22. The van der Waals surface area contributed by atoms with Gasteiger partial charge in [0.25, 0.3) is 0 Å². The van der Waals surface area contributed by atoms with Crippen molar-refractivity contribution in [2.75, 3.05) is 6.54 Å². The lowest BCUT2D eigenvalue weighted by atomic mass is 10.1. The van der Waals surface area contributed by atoms with E-state index in [4.69, 9.17) is 4.74 Å². The number of aryl methyl sites for hydroxylation is 1. The van der Waals surface area contributed by atoms with E-state index in [1.54, 1.807) is 24.3 Å². The molecule has 27 heavy (non-hydrogen) atoms. The second kappa shape index (κ2) is 7.71. The van der Waals surface area contributed by atoms with Crippen molar-refractivity contribution in [1.82, 2.24) is 4.72 Å². The first-order valence-electron chi connectivity index (χ1n) is 8.99. The standard InChI is InChI=1S/C22H25NO3S/c1-17-8-12-21(13-9-17)27(24,25)23-15-14-22(2,3)26-20-11-10-18-6-4-5-7-19(18)16-20/h4-13,16,23H,14-15H2,1-3H3. The topological polar surface area (TPSA) is 55.4 Å². The molecule has 0 spiro atoms. The summed E-state index contributed by atoms with van der Waals surface area (Å²) in [5.74, 6) is 0.778. The Morgan fingerprint density at radius 3 is 2.30 bits per heavy atom. The van der Waals surface area contributed by atoms with Crippen molar-refractivity contribution in [3.05, 3.63) is 72.3 Å². The van der Waals surface area contributed by atoms with Gasteiger partial charge >= 0.3 is 0 Å². The molecule has 0 radical (unpaired) electrons. The van der Waals surface area contributed by atoms with Crippen LogP contribution in [0.4, 0.5) is 0 Å². The summed E-state index contributed by atoms with van der Waals surface area (Å²) in [5.41, 5.74) is 0.525. The SMILES string of the molecule is Cc1ccc(S(=O)(=O)NCCC(C)(C)Oc2ccc3ccccc3c2)cc1. The molecular weight excluding hydrogens is 358 g/mol. The molecule has 4 nitrogen and oxygen atoms in total. The van der Waals surface area contributed by atoms with Gasteiger partial charge in [-0.2, -0.15) is 0 Å². The molecule has 3 rings (SSSR count). The van der Waals surface area contributed by atoms with E-state index in [2.05, 4.69) is 10.8 Å². The van der Waals surface area contributed by atoms with E-state index in [1.165, 1.54) is 0 Å². The Bertz CT molecular complexity index is 1020. The van der Waals surface area contributed by atoms with E-state index in [9.17, 15) is 8.42 Å². The van der Waals surface area contributed by atoms with Gasteiger partial charge in [0.1, 0.15) is 11.4 Å². The molecule has 0 bridgehead atoms. The number of nitrogens with one attached hydrogen (secondary N) is 1. The fourth-order valence-corrected chi connectivity index (χ4v) is 3.92. The molecule has 142 valence electrons. The Morgan fingerprint density at radius 2 is 1.59 bits per heavy atom. The van der Waals surface area contributed by atoms with Gasteiger partial charge in [0, 0.05) is 13.0 Å². The molecule has 0 aliphatic carbocycles. The Labute approximate surface area is 161 Å². The normalized spacial score (nSPS) is 12.3. The van der Waals surface area contributed by atoms with Gasteiger partial charge in [-0.1, -0.05) is 48.0 Å². The lowest BCUT2D eigenvalue weighted by molar-refractivity contribution is 0.101. The summed E-state index contributed by atoms with van der Waals surface area (Å²) in [6, 6.07) is 20.9. The molecule has 5 heteroatoms. The zero-order valence-electron chi connectivity index (χ0n) is 15.9. The Kier molecular flexibility index (Phi) is 5.53. The third-order valence-corrected chi connectivity index (χ3v) is 5.94. The maximum absolute atomic E-state index is 12.4. The van der Waals surface area contributed by atoms with Crippen LogP contribution in [0.25, 0.3) is 10.8 Å². The Hall–Kier alpha value is -2.37. The zero-order chi connectivity index (χ0) is 19.5. The minimum atomic E-state index is -3.51. The summed E-state index contributed by atoms with van der Waals surface area (Å²) in [6.07, 6.45) is 0.547. The smallest absolute Gasteiger partial charge is 0.240 e. The average Bonchev–Trinajstić information content (AvgIpc) is 2.61. The summed E-state index contributed by atoms with van der Waals surface area (Å²) in [6.45, 7) is 6.15. The van der Waals surface area contributed by atoms with E-state index in [0.717, 1.165) is 22.1 Å². The van der Waals surface area contributed by atoms with Gasteiger partial charge in [-0.05, 0) is 55.8 Å². The first-order valence-corrected chi connectivity index (χ1v) is 10.5. The van der Waals surface area contributed by atoms with Crippen LogP contribution in [-0.2, 0) is 10.0 Å². The highest BCUT2D eigenvalue weighted by Crippen LogP contribution is 2.25. The molecular formula is C22H25NO3S. The van der Waals surface area contributed by atoms with Crippen LogP contribution in [0.1, 0.15) is 25.8 Å². The molecule has 0 saturated heterocycles. The van der Waals surface area contributed by atoms with Crippen LogP contribution < -0.4 is 9.46 Å². The highest BCUT2D eigenvalue weighted by atomic mass is 32.2. The van der Waals surface area contributed by atoms with Gasteiger partial charge in [0.05, 0.1) is 4.90 Å². The number of ether oxygens (including phenoxy) is 1. The van der Waals surface area contributed by atoms with Crippen LogP contribution in [-0.4, -0.2) is 20.6 Å². The number of fused-ring (bicyclic) bond motifs is 1. The van der Waals surface area contributed by atoms with Crippen molar-refractivity contribution < 1.29 is 13.2 Å². The number of rotatable bonds is 7. The summed E-state index contributed by atoms with van der Waals surface area (Å²) in [5, 5.41) is 2.28. The van der Waals surface area contributed by atoms with Crippen LogP contribution in [0.5, 0.6) is 5.75 Å². The van der Waals surface area contributed by atoms with Gasteiger partial charge in [-0.15, -0.1) is 0 Å². The number of hydrogen-bond acceptors (Lipinski definition) is 3. The predicted molar refractivity (Wildman–Crippen MR) is 110 cm³/mol. The summed E-state index contributed by atoms with van der Waals surface area (Å²) in [7, 11) is -3.51. The molecule has 3 aromatic carbocycles. The van der Waals surface area contributed by atoms with E-state index in [1.807, 2.05) is 57.2 Å². The quantitative estimate of drug-likeness (QED) is 0.645. The molecule has 1 N–H and O–H groups in total. The minimum absolute atomic E-state index is 0.279. The molecule has 0 amide bonds.